The summed E-state index contributed by atoms with van der Waals surface area (Å²) in [6.45, 7) is 3.80. The predicted octanol–water partition coefficient (Wildman–Crippen LogP) is 1.83. The van der Waals surface area contributed by atoms with Crippen LogP contribution in [0.25, 0.3) is 0 Å². The molecule has 1 aliphatic heterocycles. The molecule has 1 aromatic carbocycles. The van der Waals surface area contributed by atoms with Crippen LogP contribution in [-0.2, 0) is 0 Å². The summed E-state index contributed by atoms with van der Waals surface area (Å²) in [5.74, 6) is -0.0623. The molecule has 1 saturated heterocycles. The third kappa shape index (κ3) is 3.51. The third-order valence-electron chi connectivity index (χ3n) is 3.76. The molecule has 0 aromatic heterocycles. The lowest BCUT2D eigenvalue weighted by atomic mass is 10.1. The van der Waals surface area contributed by atoms with E-state index in [9.17, 15) is 9.90 Å². The lowest BCUT2D eigenvalue weighted by Crippen LogP contribution is -2.42. The fourth-order valence-corrected chi connectivity index (χ4v) is 2.76. The number of hydrogen-bond acceptors (Lipinski definition) is 3. The Kier molecular flexibility index (Phi) is 5.40. The Morgan fingerprint density at radius 2 is 2.35 bits per heavy atom. The Morgan fingerprint density at radius 1 is 1.55 bits per heavy atom. The second-order valence-corrected chi connectivity index (χ2v) is 5.59. The minimum Gasteiger partial charge on any atom is -0.395 e. The molecule has 1 heterocycles. The summed E-state index contributed by atoms with van der Waals surface area (Å²) in [6, 6.07) is 5.68. The van der Waals surface area contributed by atoms with Crippen molar-refractivity contribution < 1.29 is 9.90 Å². The average Bonchev–Trinajstić information content (AvgIpc) is 2.94. The Labute approximate surface area is 124 Å². The van der Waals surface area contributed by atoms with Gasteiger partial charge in [-0.05, 0) is 44.0 Å². The number of halogens is 1. The summed E-state index contributed by atoms with van der Waals surface area (Å²) in [5, 5.41) is 13.2. The molecule has 5 heteroatoms. The van der Waals surface area contributed by atoms with E-state index in [0.717, 1.165) is 24.9 Å². The summed E-state index contributed by atoms with van der Waals surface area (Å²) in [6.07, 6.45) is 2.21. The lowest BCUT2D eigenvalue weighted by Gasteiger charge is -2.26. The molecule has 0 radical (unpaired) electrons. The van der Waals surface area contributed by atoms with E-state index >= 15 is 0 Å². The van der Waals surface area contributed by atoms with Crippen molar-refractivity contribution in [2.45, 2.75) is 25.8 Å². The van der Waals surface area contributed by atoms with Gasteiger partial charge < -0.3 is 15.3 Å². The van der Waals surface area contributed by atoms with Crippen molar-refractivity contribution in [2.75, 3.05) is 26.2 Å². The molecule has 0 saturated carbocycles. The van der Waals surface area contributed by atoms with Gasteiger partial charge >= 0.3 is 0 Å². The van der Waals surface area contributed by atoms with E-state index in [2.05, 4.69) is 5.32 Å². The summed E-state index contributed by atoms with van der Waals surface area (Å²) in [4.78, 5) is 14.3. The van der Waals surface area contributed by atoms with E-state index in [0.29, 0.717) is 29.7 Å². The van der Waals surface area contributed by atoms with Crippen molar-refractivity contribution in [1.29, 1.82) is 0 Å². The highest BCUT2D eigenvalue weighted by atomic mass is 35.5. The third-order valence-corrected chi connectivity index (χ3v) is 4.17. The maximum absolute atomic E-state index is 12.6. The van der Waals surface area contributed by atoms with E-state index in [1.54, 1.807) is 23.1 Å². The second-order valence-electron chi connectivity index (χ2n) is 5.18. The zero-order valence-corrected chi connectivity index (χ0v) is 12.5. The van der Waals surface area contributed by atoms with Crippen molar-refractivity contribution >= 4 is 17.5 Å². The summed E-state index contributed by atoms with van der Waals surface area (Å²) in [7, 11) is 0. The van der Waals surface area contributed by atoms with Gasteiger partial charge in [-0.15, -0.1) is 0 Å². The highest BCUT2D eigenvalue weighted by molar-refractivity contribution is 6.31. The average molecular weight is 297 g/mol. The van der Waals surface area contributed by atoms with Crippen LogP contribution in [0.2, 0.25) is 5.02 Å². The maximum atomic E-state index is 12.6. The predicted molar refractivity (Wildman–Crippen MR) is 80.2 cm³/mol. The number of amides is 1. The first-order valence-electron chi connectivity index (χ1n) is 7.02. The topological polar surface area (TPSA) is 52.6 Å². The summed E-state index contributed by atoms with van der Waals surface area (Å²) < 4.78 is 0. The van der Waals surface area contributed by atoms with Crippen LogP contribution in [0.5, 0.6) is 0 Å². The number of nitrogens with zero attached hydrogens (tertiary/aromatic N) is 1. The number of carbonyl (C=O) groups is 1. The monoisotopic (exact) mass is 296 g/mol. The van der Waals surface area contributed by atoms with Gasteiger partial charge in [-0.2, -0.15) is 0 Å². The highest BCUT2D eigenvalue weighted by Gasteiger charge is 2.23. The van der Waals surface area contributed by atoms with Crippen LogP contribution in [0, 0.1) is 6.92 Å². The highest BCUT2D eigenvalue weighted by Crippen LogP contribution is 2.20. The molecule has 4 nitrogen and oxygen atoms in total. The molecular weight excluding hydrogens is 276 g/mol. The van der Waals surface area contributed by atoms with E-state index in [-0.39, 0.29) is 12.5 Å². The molecule has 0 bridgehead atoms. The van der Waals surface area contributed by atoms with E-state index in [1.807, 2.05) is 6.92 Å². The van der Waals surface area contributed by atoms with E-state index in [4.69, 9.17) is 11.6 Å². The maximum Gasteiger partial charge on any atom is 0.254 e. The first-order valence-corrected chi connectivity index (χ1v) is 7.40. The summed E-state index contributed by atoms with van der Waals surface area (Å²) >= 11 is 6.08. The quantitative estimate of drug-likeness (QED) is 0.872. The largest absolute Gasteiger partial charge is 0.395 e. The van der Waals surface area contributed by atoms with Crippen LogP contribution < -0.4 is 5.32 Å². The van der Waals surface area contributed by atoms with Crippen LogP contribution in [0.15, 0.2) is 18.2 Å². The molecule has 1 amide bonds. The number of carbonyl (C=O) groups excluding carboxylic acids is 1. The number of rotatable bonds is 5. The van der Waals surface area contributed by atoms with Gasteiger partial charge in [0, 0.05) is 29.7 Å². The molecule has 20 heavy (non-hydrogen) atoms. The molecule has 0 spiro atoms. The van der Waals surface area contributed by atoms with Crippen LogP contribution in [0.1, 0.15) is 28.8 Å². The van der Waals surface area contributed by atoms with Gasteiger partial charge in [0.1, 0.15) is 0 Å². The Morgan fingerprint density at radius 3 is 3.00 bits per heavy atom. The molecule has 1 fully saturated rings. The van der Waals surface area contributed by atoms with Gasteiger partial charge in [0.25, 0.3) is 5.91 Å². The Bertz CT molecular complexity index is 473. The van der Waals surface area contributed by atoms with Gasteiger partial charge in [-0.1, -0.05) is 17.7 Å². The molecule has 1 unspecified atom stereocenters. The number of nitrogens with one attached hydrogen (secondary N) is 1. The number of benzene rings is 1. The lowest BCUT2D eigenvalue weighted by molar-refractivity contribution is 0.0706. The smallest absolute Gasteiger partial charge is 0.254 e. The van der Waals surface area contributed by atoms with E-state index in [1.165, 1.54) is 0 Å². The fraction of sp³-hybridized carbons (Fsp3) is 0.533. The van der Waals surface area contributed by atoms with Gasteiger partial charge in [0.05, 0.1) is 6.61 Å². The van der Waals surface area contributed by atoms with Gasteiger partial charge in [-0.3, -0.25) is 4.79 Å². The number of aliphatic hydroxyl groups is 1. The molecule has 110 valence electrons. The summed E-state index contributed by atoms with van der Waals surface area (Å²) in [5.41, 5.74) is 1.41. The van der Waals surface area contributed by atoms with Crippen molar-refractivity contribution in [3.8, 4) is 0 Å². The molecule has 2 rings (SSSR count). The van der Waals surface area contributed by atoms with Gasteiger partial charge in [0.15, 0.2) is 0 Å². The number of aliphatic hydroxyl groups excluding tert-OH is 1. The molecular formula is C15H21ClN2O2. The van der Waals surface area contributed by atoms with Gasteiger partial charge in [0.2, 0.25) is 0 Å². The Balaban J connectivity index is 2.14. The zero-order valence-electron chi connectivity index (χ0n) is 11.7. The van der Waals surface area contributed by atoms with Crippen LogP contribution in [-0.4, -0.2) is 48.2 Å². The molecule has 0 aliphatic carbocycles. The normalized spacial score (nSPS) is 18.2. The minimum atomic E-state index is -0.0623. The fourth-order valence-electron chi connectivity index (χ4n) is 2.58. The second kappa shape index (κ2) is 7.07. The first kappa shape index (κ1) is 15.3. The standard InChI is InChI=1S/C15H21ClN2O2/c1-11-13(5-2-6-14(11)16)15(20)18(8-9-19)10-12-4-3-7-17-12/h2,5-6,12,17,19H,3-4,7-10H2,1H3. The van der Waals surface area contributed by atoms with Gasteiger partial charge in [-0.25, -0.2) is 0 Å². The van der Waals surface area contributed by atoms with Crippen LogP contribution >= 0.6 is 11.6 Å². The van der Waals surface area contributed by atoms with Crippen LogP contribution in [0.3, 0.4) is 0 Å². The van der Waals surface area contributed by atoms with Crippen molar-refractivity contribution in [2.24, 2.45) is 0 Å². The van der Waals surface area contributed by atoms with Crippen molar-refractivity contribution in [3.05, 3.63) is 34.3 Å². The number of hydrogen-bond donors (Lipinski definition) is 2. The van der Waals surface area contributed by atoms with Crippen LogP contribution in [0.4, 0.5) is 0 Å². The molecule has 1 atom stereocenters. The molecule has 2 N–H and O–H groups in total. The molecule has 1 aromatic rings. The molecule has 1 aliphatic rings. The zero-order chi connectivity index (χ0) is 14.5. The minimum absolute atomic E-state index is 0.0297. The Hall–Kier alpha value is -1.10. The van der Waals surface area contributed by atoms with Crippen molar-refractivity contribution in [3.63, 3.8) is 0 Å². The SMILES string of the molecule is Cc1c(Cl)cccc1C(=O)N(CCO)CC1CCCN1. The van der Waals surface area contributed by atoms with E-state index < -0.39 is 0 Å². The van der Waals surface area contributed by atoms with Crippen molar-refractivity contribution in [1.82, 2.24) is 10.2 Å². The first-order chi connectivity index (χ1) is 9.63.